The Kier molecular flexibility index (Phi) is 2.48. The molecule has 0 saturated heterocycles. The van der Waals surface area contributed by atoms with E-state index in [4.69, 9.17) is 4.74 Å². The quantitative estimate of drug-likeness (QED) is 0.758. The summed E-state index contributed by atoms with van der Waals surface area (Å²) in [6.45, 7) is 2.65. The molecule has 3 heteroatoms. The first-order valence-corrected chi connectivity index (χ1v) is 6.49. The minimum Gasteiger partial charge on any atom is -0.492 e. The SMILES string of the molecule is Cc1ccsc1C(=O)c1cccc2c1OCC2. The fourth-order valence-electron chi connectivity index (χ4n) is 2.12. The van der Waals surface area contributed by atoms with E-state index in [1.54, 1.807) is 0 Å². The average Bonchev–Trinajstić information content (AvgIpc) is 2.95. The van der Waals surface area contributed by atoms with Gasteiger partial charge in [0.15, 0.2) is 0 Å². The van der Waals surface area contributed by atoms with Crippen LogP contribution < -0.4 is 4.74 Å². The molecule has 0 saturated carbocycles. The van der Waals surface area contributed by atoms with Crippen molar-refractivity contribution in [2.24, 2.45) is 0 Å². The molecule has 0 amide bonds. The molecule has 17 heavy (non-hydrogen) atoms. The second-order valence-corrected chi connectivity index (χ2v) is 5.07. The third kappa shape index (κ3) is 1.67. The Labute approximate surface area is 104 Å². The van der Waals surface area contributed by atoms with Crippen molar-refractivity contribution in [2.75, 3.05) is 6.61 Å². The van der Waals surface area contributed by atoms with Crippen molar-refractivity contribution in [1.82, 2.24) is 0 Å². The first-order chi connectivity index (χ1) is 8.27. The third-order valence-electron chi connectivity index (χ3n) is 3.03. The molecule has 0 N–H and O–H groups in total. The summed E-state index contributed by atoms with van der Waals surface area (Å²) in [6.07, 6.45) is 0.903. The summed E-state index contributed by atoms with van der Waals surface area (Å²) >= 11 is 1.49. The van der Waals surface area contributed by atoms with E-state index in [0.717, 1.165) is 28.2 Å². The number of carbonyl (C=O) groups is 1. The van der Waals surface area contributed by atoms with Gasteiger partial charge in [0, 0.05) is 6.42 Å². The number of benzene rings is 1. The average molecular weight is 244 g/mol. The number of thiophene rings is 1. The topological polar surface area (TPSA) is 26.3 Å². The van der Waals surface area contributed by atoms with Crippen LogP contribution in [-0.2, 0) is 6.42 Å². The Morgan fingerprint density at radius 1 is 1.35 bits per heavy atom. The number of aryl methyl sites for hydroxylation is 1. The molecular formula is C14H12O2S. The zero-order chi connectivity index (χ0) is 11.8. The molecule has 3 rings (SSSR count). The van der Waals surface area contributed by atoms with Gasteiger partial charge < -0.3 is 4.74 Å². The maximum absolute atomic E-state index is 12.4. The normalized spacial score (nSPS) is 13.2. The monoisotopic (exact) mass is 244 g/mol. The molecule has 0 unspecified atom stereocenters. The highest BCUT2D eigenvalue weighted by Crippen LogP contribution is 2.32. The number of hydrogen-bond acceptors (Lipinski definition) is 3. The van der Waals surface area contributed by atoms with E-state index in [2.05, 4.69) is 0 Å². The van der Waals surface area contributed by atoms with Gasteiger partial charge in [-0.3, -0.25) is 4.79 Å². The zero-order valence-electron chi connectivity index (χ0n) is 9.53. The van der Waals surface area contributed by atoms with Gasteiger partial charge in [-0.25, -0.2) is 0 Å². The van der Waals surface area contributed by atoms with Crippen LogP contribution in [0.5, 0.6) is 5.75 Å². The van der Waals surface area contributed by atoms with Gasteiger partial charge in [0.2, 0.25) is 5.78 Å². The fourth-order valence-corrected chi connectivity index (χ4v) is 3.00. The number of fused-ring (bicyclic) bond motifs is 1. The van der Waals surface area contributed by atoms with Crippen LogP contribution in [-0.4, -0.2) is 12.4 Å². The lowest BCUT2D eigenvalue weighted by Crippen LogP contribution is -2.03. The van der Waals surface area contributed by atoms with Crippen LogP contribution >= 0.6 is 11.3 Å². The number of carbonyl (C=O) groups excluding carboxylic acids is 1. The zero-order valence-corrected chi connectivity index (χ0v) is 10.3. The second-order valence-electron chi connectivity index (χ2n) is 4.15. The van der Waals surface area contributed by atoms with E-state index in [9.17, 15) is 4.79 Å². The lowest BCUT2D eigenvalue weighted by atomic mass is 10.0. The Morgan fingerprint density at radius 3 is 3.00 bits per heavy atom. The van der Waals surface area contributed by atoms with Gasteiger partial charge in [-0.2, -0.15) is 0 Å². The Morgan fingerprint density at radius 2 is 2.24 bits per heavy atom. The van der Waals surface area contributed by atoms with Crippen molar-refractivity contribution >= 4 is 17.1 Å². The van der Waals surface area contributed by atoms with Gasteiger partial charge in [-0.05, 0) is 35.6 Å². The molecule has 0 aliphatic carbocycles. The fraction of sp³-hybridized carbons (Fsp3) is 0.214. The maximum Gasteiger partial charge on any atom is 0.206 e. The number of para-hydroxylation sites is 1. The molecule has 0 bridgehead atoms. The molecule has 0 atom stereocenters. The van der Waals surface area contributed by atoms with Gasteiger partial charge >= 0.3 is 0 Å². The lowest BCUT2D eigenvalue weighted by molar-refractivity contribution is 0.103. The minimum atomic E-state index is 0.0799. The number of ketones is 1. The molecule has 0 fully saturated rings. The molecule has 1 aliphatic heterocycles. The molecule has 1 aromatic carbocycles. The predicted molar refractivity (Wildman–Crippen MR) is 68.1 cm³/mol. The van der Waals surface area contributed by atoms with E-state index in [-0.39, 0.29) is 5.78 Å². The van der Waals surface area contributed by atoms with E-state index >= 15 is 0 Å². The summed E-state index contributed by atoms with van der Waals surface area (Å²) in [5.41, 5.74) is 2.88. The highest BCUT2D eigenvalue weighted by Gasteiger charge is 2.22. The number of rotatable bonds is 2. The molecular weight excluding hydrogens is 232 g/mol. The van der Waals surface area contributed by atoms with Crippen LogP contribution in [0.3, 0.4) is 0 Å². The summed E-state index contributed by atoms with van der Waals surface area (Å²) in [7, 11) is 0. The van der Waals surface area contributed by atoms with Crippen LogP contribution in [0, 0.1) is 6.92 Å². The number of ether oxygens (including phenoxy) is 1. The molecule has 0 spiro atoms. The van der Waals surface area contributed by atoms with Crippen molar-refractivity contribution in [1.29, 1.82) is 0 Å². The van der Waals surface area contributed by atoms with E-state index in [1.165, 1.54) is 11.3 Å². The van der Waals surface area contributed by atoms with E-state index in [0.29, 0.717) is 12.2 Å². The second kappa shape index (κ2) is 4.00. The summed E-state index contributed by atoms with van der Waals surface area (Å²) in [5.74, 6) is 0.863. The van der Waals surface area contributed by atoms with Crippen molar-refractivity contribution in [3.63, 3.8) is 0 Å². The summed E-state index contributed by atoms with van der Waals surface area (Å²) in [4.78, 5) is 13.2. The molecule has 86 valence electrons. The van der Waals surface area contributed by atoms with Crippen LogP contribution in [0.1, 0.15) is 26.4 Å². The van der Waals surface area contributed by atoms with Gasteiger partial charge in [0.25, 0.3) is 0 Å². The predicted octanol–water partition coefficient (Wildman–Crippen LogP) is 3.22. The molecule has 1 aromatic heterocycles. The van der Waals surface area contributed by atoms with Crippen molar-refractivity contribution < 1.29 is 9.53 Å². The Hall–Kier alpha value is -1.61. The molecule has 1 aliphatic rings. The molecule has 2 aromatic rings. The van der Waals surface area contributed by atoms with Gasteiger partial charge in [-0.1, -0.05) is 12.1 Å². The largest absolute Gasteiger partial charge is 0.492 e. The van der Waals surface area contributed by atoms with Crippen LogP contribution in [0.25, 0.3) is 0 Å². The first-order valence-electron chi connectivity index (χ1n) is 5.61. The Balaban J connectivity index is 2.09. The summed E-state index contributed by atoms with van der Waals surface area (Å²) in [6, 6.07) is 7.79. The Bertz CT molecular complexity index is 584. The third-order valence-corrected chi connectivity index (χ3v) is 4.04. The van der Waals surface area contributed by atoms with Gasteiger partial charge in [0.05, 0.1) is 17.0 Å². The summed E-state index contributed by atoms with van der Waals surface area (Å²) in [5, 5.41) is 1.95. The first kappa shape index (κ1) is 10.5. The van der Waals surface area contributed by atoms with Gasteiger partial charge in [-0.15, -0.1) is 11.3 Å². The smallest absolute Gasteiger partial charge is 0.206 e. The van der Waals surface area contributed by atoms with Crippen LogP contribution in [0.15, 0.2) is 29.6 Å². The highest BCUT2D eigenvalue weighted by molar-refractivity contribution is 7.12. The van der Waals surface area contributed by atoms with Crippen LogP contribution in [0.2, 0.25) is 0 Å². The summed E-state index contributed by atoms with van der Waals surface area (Å²) < 4.78 is 5.57. The number of hydrogen-bond donors (Lipinski definition) is 0. The van der Waals surface area contributed by atoms with E-state index in [1.807, 2.05) is 36.6 Å². The maximum atomic E-state index is 12.4. The van der Waals surface area contributed by atoms with Gasteiger partial charge in [0.1, 0.15) is 5.75 Å². The van der Waals surface area contributed by atoms with Crippen LogP contribution in [0.4, 0.5) is 0 Å². The standard InChI is InChI=1S/C14H12O2S/c1-9-6-8-17-14(9)12(15)11-4-2-3-10-5-7-16-13(10)11/h2-4,6,8H,5,7H2,1H3. The minimum absolute atomic E-state index is 0.0799. The van der Waals surface area contributed by atoms with Crippen molar-refractivity contribution in [2.45, 2.75) is 13.3 Å². The van der Waals surface area contributed by atoms with E-state index < -0.39 is 0 Å². The van der Waals surface area contributed by atoms with Crippen molar-refractivity contribution in [3.8, 4) is 5.75 Å². The molecule has 0 radical (unpaired) electrons. The molecule has 2 heterocycles. The van der Waals surface area contributed by atoms with Crippen molar-refractivity contribution in [3.05, 3.63) is 51.2 Å². The lowest BCUT2D eigenvalue weighted by Gasteiger charge is -2.06. The molecule has 2 nitrogen and oxygen atoms in total. The highest BCUT2D eigenvalue weighted by atomic mass is 32.1.